The van der Waals surface area contributed by atoms with Gasteiger partial charge in [0.1, 0.15) is 6.04 Å². The lowest BCUT2D eigenvalue weighted by Gasteiger charge is -2.18. The lowest BCUT2D eigenvalue weighted by molar-refractivity contribution is -0.123. The van der Waals surface area contributed by atoms with Gasteiger partial charge in [-0.15, -0.1) is 0 Å². The van der Waals surface area contributed by atoms with Crippen LogP contribution in [-0.2, 0) is 4.79 Å². The minimum absolute atomic E-state index is 0.0136. The minimum Gasteiger partial charge on any atom is -0.394 e. The van der Waals surface area contributed by atoms with Crippen LogP contribution in [0.2, 0.25) is 0 Å². The third-order valence-corrected chi connectivity index (χ3v) is 2.99. The van der Waals surface area contributed by atoms with E-state index < -0.39 is 11.6 Å². The summed E-state index contributed by atoms with van der Waals surface area (Å²) in [4.78, 5) is 11.8. The molecule has 0 radical (unpaired) electrons. The zero-order valence-electron chi connectivity index (χ0n) is 9.02. The molecule has 1 saturated carbocycles. The van der Waals surface area contributed by atoms with E-state index >= 15 is 0 Å². The summed E-state index contributed by atoms with van der Waals surface area (Å²) in [6.07, 6.45) is 1.66. The highest BCUT2D eigenvalue weighted by molar-refractivity contribution is 5.84. The fourth-order valence-corrected chi connectivity index (χ4v) is 1.62. The maximum absolute atomic E-state index is 11.8. The molecule has 0 aromatic heterocycles. The highest BCUT2D eigenvalue weighted by Gasteiger charge is 2.44. The van der Waals surface area contributed by atoms with Crippen molar-refractivity contribution in [1.82, 2.24) is 5.32 Å². The Hall–Kier alpha value is -1.39. The Morgan fingerprint density at radius 1 is 1.44 bits per heavy atom. The molecule has 0 spiro atoms. The second-order valence-electron chi connectivity index (χ2n) is 4.32. The van der Waals surface area contributed by atoms with Crippen molar-refractivity contribution in [3.05, 3.63) is 35.9 Å². The molecule has 1 atom stereocenters. The van der Waals surface area contributed by atoms with E-state index in [9.17, 15) is 4.79 Å². The first-order chi connectivity index (χ1) is 7.67. The second kappa shape index (κ2) is 4.23. The van der Waals surface area contributed by atoms with Gasteiger partial charge >= 0.3 is 0 Å². The number of carbonyl (C=O) groups excluding carboxylic acids is 1. The molecular formula is C12H16N2O2. The second-order valence-corrected chi connectivity index (χ2v) is 4.32. The number of aliphatic hydroxyl groups is 1. The number of carbonyl (C=O) groups is 1. The largest absolute Gasteiger partial charge is 0.394 e. The number of amides is 1. The van der Waals surface area contributed by atoms with Gasteiger partial charge in [-0.25, -0.2) is 0 Å². The Kier molecular flexibility index (Phi) is 2.94. The number of rotatable bonds is 4. The van der Waals surface area contributed by atoms with Crippen LogP contribution in [0.1, 0.15) is 24.4 Å². The number of aliphatic hydroxyl groups excluding tert-OH is 1. The lowest BCUT2D eigenvalue weighted by Crippen LogP contribution is -2.44. The summed E-state index contributed by atoms with van der Waals surface area (Å²) in [6, 6.07) is 8.56. The molecule has 4 heteroatoms. The fraction of sp³-hybridized carbons (Fsp3) is 0.417. The van der Waals surface area contributed by atoms with Gasteiger partial charge in [0.2, 0.25) is 5.91 Å². The van der Waals surface area contributed by atoms with Crippen molar-refractivity contribution in [2.24, 2.45) is 5.73 Å². The molecule has 0 aliphatic heterocycles. The van der Waals surface area contributed by atoms with Crippen molar-refractivity contribution < 1.29 is 9.90 Å². The normalized spacial score (nSPS) is 18.9. The molecule has 1 aliphatic rings. The number of nitrogens with one attached hydrogen (secondary N) is 1. The molecule has 1 aromatic carbocycles. The molecule has 86 valence electrons. The highest BCUT2D eigenvalue weighted by Crippen LogP contribution is 2.34. The summed E-state index contributed by atoms with van der Waals surface area (Å²) in [5.41, 5.74) is 6.22. The number of nitrogens with two attached hydrogens (primary N) is 1. The topological polar surface area (TPSA) is 75.4 Å². The fourth-order valence-electron chi connectivity index (χ4n) is 1.62. The Labute approximate surface area is 94.5 Å². The molecule has 0 bridgehead atoms. The van der Waals surface area contributed by atoms with Crippen molar-refractivity contribution in [1.29, 1.82) is 0 Å². The van der Waals surface area contributed by atoms with Crippen LogP contribution >= 0.6 is 0 Å². The smallest absolute Gasteiger partial charge is 0.242 e. The van der Waals surface area contributed by atoms with Crippen LogP contribution in [0.3, 0.4) is 0 Å². The van der Waals surface area contributed by atoms with Gasteiger partial charge in [-0.05, 0) is 18.4 Å². The number of benzene rings is 1. The van der Waals surface area contributed by atoms with Gasteiger partial charge in [0, 0.05) is 0 Å². The van der Waals surface area contributed by atoms with Gasteiger partial charge in [0.15, 0.2) is 0 Å². The molecule has 1 aliphatic carbocycles. The summed E-state index contributed by atoms with van der Waals surface area (Å²) in [7, 11) is 0. The van der Waals surface area contributed by atoms with Gasteiger partial charge in [-0.1, -0.05) is 30.3 Å². The average molecular weight is 220 g/mol. The van der Waals surface area contributed by atoms with E-state index in [1.165, 1.54) is 0 Å². The number of hydrogen-bond acceptors (Lipinski definition) is 3. The summed E-state index contributed by atoms with van der Waals surface area (Å²) >= 11 is 0. The molecule has 1 amide bonds. The zero-order chi connectivity index (χ0) is 11.6. The van der Waals surface area contributed by atoms with Crippen LogP contribution < -0.4 is 11.1 Å². The first-order valence-corrected chi connectivity index (χ1v) is 5.40. The van der Waals surface area contributed by atoms with Gasteiger partial charge < -0.3 is 16.2 Å². The predicted octanol–water partition coefficient (Wildman–Crippen LogP) is 0.327. The molecule has 16 heavy (non-hydrogen) atoms. The molecule has 1 aromatic rings. The van der Waals surface area contributed by atoms with Gasteiger partial charge in [0.05, 0.1) is 12.1 Å². The molecule has 1 fully saturated rings. The van der Waals surface area contributed by atoms with Crippen molar-refractivity contribution in [2.45, 2.75) is 24.4 Å². The van der Waals surface area contributed by atoms with E-state index in [4.69, 9.17) is 10.8 Å². The van der Waals surface area contributed by atoms with Crippen LogP contribution in [0.4, 0.5) is 0 Å². The molecular weight excluding hydrogens is 204 g/mol. The Morgan fingerprint density at radius 3 is 2.56 bits per heavy atom. The summed E-state index contributed by atoms with van der Waals surface area (Å²) < 4.78 is 0. The van der Waals surface area contributed by atoms with Crippen molar-refractivity contribution in [3.63, 3.8) is 0 Å². The first kappa shape index (κ1) is 11.1. The third-order valence-electron chi connectivity index (χ3n) is 2.99. The molecule has 0 heterocycles. The zero-order valence-corrected chi connectivity index (χ0v) is 9.02. The average Bonchev–Trinajstić information content (AvgIpc) is 3.09. The minimum atomic E-state index is -0.662. The van der Waals surface area contributed by atoms with Crippen LogP contribution in [0, 0.1) is 0 Å². The SMILES string of the molecule is NC(C(=O)NC1(CO)CC1)c1ccccc1. The van der Waals surface area contributed by atoms with Crippen molar-refractivity contribution >= 4 is 5.91 Å². The van der Waals surface area contributed by atoms with E-state index in [0.29, 0.717) is 0 Å². The van der Waals surface area contributed by atoms with Crippen LogP contribution in [0.25, 0.3) is 0 Å². The van der Waals surface area contributed by atoms with Crippen molar-refractivity contribution in [3.8, 4) is 0 Å². The Morgan fingerprint density at radius 2 is 2.06 bits per heavy atom. The molecule has 2 rings (SSSR count). The predicted molar refractivity (Wildman–Crippen MR) is 60.6 cm³/mol. The molecule has 4 N–H and O–H groups in total. The Balaban J connectivity index is 2.00. The summed E-state index contributed by atoms with van der Waals surface area (Å²) in [5, 5.41) is 11.9. The third kappa shape index (κ3) is 2.23. The van der Waals surface area contributed by atoms with E-state index in [1.807, 2.05) is 30.3 Å². The Bertz CT molecular complexity index is 374. The number of hydrogen-bond donors (Lipinski definition) is 3. The van der Waals surface area contributed by atoms with E-state index in [-0.39, 0.29) is 12.5 Å². The van der Waals surface area contributed by atoms with Crippen LogP contribution in [-0.4, -0.2) is 23.2 Å². The van der Waals surface area contributed by atoms with E-state index in [1.54, 1.807) is 0 Å². The monoisotopic (exact) mass is 220 g/mol. The summed E-state index contributed by atoms with van der Waals surface area (Å²) in [5.74, 6) is -0.224. The maximum atomic E-state index is 11.8. The lowest BCUT2D eigenvalue weighted by atomic mass is 10.1. The van der Waals surface area contributed by atoms with Crippen molar-refractivity contribution in [2.75, 3.05) is 6.61 Å². The molecule has 0 saturated heterocycles. The molecule has 4 nitrogen and oxygen atoms in total. The van der Waals surface area contributed by atoms with E-state index in [2.05, 4.69) is 5.32 Å². The van der Waals surface area contributed by atoms with E-state index in [0.717, 1.165) is 18.4 Å². The van der Waals surface area contributed by atoms with Gasteiger partial charge in [-0.2, -0.15) is 0 Å². The quantitative estimate of drug-likeness (QED) is 0.684. The molecule has 1 unspecified atom stereocenters. The first-order valence-electron chi connectivity index (χ1n) is 5.40. The maximum Gasteiger partial charge on any atom is 0.242 e. The summed E-state index contributed by atoms with van der Waals surface area (Å²) in [6.45, 7) is -0.0136. The van der Waals surface area contributed by atoms with Crippen LogP contribution in [0.5, 0.6) is 0 Å². The van der Waals surface area contributed by atoms with Crippen LogP contribution in [0.15, 0.2) is 30.3 Å². The highest BCUT2D eigenvalue weighted by atomic mass is 16.3. The standard InChI is InChI=1S/C12H16N2O2/c13-10(9-4-2-1-3-5-9)11(16)14-12(8-15)6-7-12/h1-5,10,15H,6-8,13H2,(H,14,16). The van der Waals surface area contributed by atoms with Gasteiger partial charge in [-0.3, -0.25) is 4.79 Å². The van der Waals surface area contributed by atoms with Gasteiger partial charge in [0.25, 0.3) is 0 Å².